The van der Waals surface area contributed by atoms with E-state index < -0.39 is 0 Å². The highest BCUT2D eigenvalue weighted by Crippen LogP contribution is 2.28. The van der Waals surface area contributed by atoms with Gasteiger partial charge >= 0.3 is 0 Å². The maximum absolute atomic E-state index is 5.86. The topological polar surface area (TPSA) is 73.1 Å². The second-order valence-electron chi connectivity index (χ2n) is 5.30. The number of nitrogens with one attached hydrogen (secondary N) is 1. The SMILES string of the molecule is CC1(Nc2ncnc3ccc(N)cc23)CCOCC1. The van der Waals surface area contributed by atoms with Crippen LogP contribution in [-0.4, -0.2) is 28.7 Å². The van der Waals surface area contributed by atoms with Crippen molar-refractivity contribution in [1.29, 1.82) is 0 Å². The number of fused-ring (bicyclic) bond motifs is 1. The van der Waals surface area contributed by atoms with E-state index in [9.17, 15) is 0 Å². The molecule has 100 valence electrons. The van der Waals surface area contributed by atoms with Crippen molar-refractivity contribution >= 4 is 22.4 Å². The fraction of sp³-hybridized carbons (Fsp3) is 0.429. The molecule has 1 fully saturated rings. The van der Waals surface area contributed by atoms with Crippen LogP contribution in [-0.2, 0) is 4.74 Å². The highest BCUT2D eigenvalue weighted by Gasteiger charge is 2.28. The molecule has 3 N–H and O–H groups in total. The van der Waals surface area contributed by atoms with Crippen molar-refractivity contribution < 1.29 is 4.74 Å². The lowest BCUT2D eigenvalue weighted by Crippen LogP contribution is -2.40. The third-order valence-corrected chi connectivity index (χ3v) is 3.68. The minimum Gasteiger partial charge on any atom is -0.399 e. The zero-order valence-electron chi connectivity index (χ0n) is 11.0. The highest BCUT2D eigenvalue weighted by atomic mass is 16.5. The quantitative estimate of drug-likeness (QED) is 0.808. The Kier molecular flexibility index (Phi) is 2.98. The molecule has 3 rings (SSSR count). The largest absolute Gasteiger partial charge is 0.399 e. The number of ether oxygens (including phenoxy) is 1. The summed E-state index contributed by atoms with van der Waals surface area (Å²) in [6, 6.07) is 5.69. The van der Waals surface area contributed by atoms with Gasteiger partial charge in [-0.1, -0.05) is 0 Å². The molecule has 19 heavy (non-hydrogen) atoms. The number of hydrogen-bond acceptors (Lipinski definition) is 5. The lowest BCUT2D eigenvalue weighted by Gasteiger charge is -2.35. The third kappa shape index (κ3) is 2.46. The van der Waals surface area contributed by atoms with Crippen LogP contribution < -0.4 is 11.1 Å². The van der Waals surface area contributed by atoms with Crippen LogP contribution in [0.3, 0.4) is 0 Å². The lowest BCUT2D eigenvalue weighted by atomic mass is 9.92. The third-order valence-electron chi connectivity index (χ3n) is 3.68. The van der Waals surface area contributed by atoms with Gasteiger partial charge in [0.2, 0.25) is 0 Å². The van der Waals surface area contributed by atoms with Crippen molar-refractivity contribution in [2.24, 2.45) is 0 Å². The van der Waals surface area contributed by atoms with Gasteiger partial charge in [-0.25, -0.2) is 9.97 Å². The van der Waals surface area contributed by atoms with Crippen molar-refractivity contribution in [1.82, 2.24) is 9.97 Å². The van der Waals surface area contributed by atoms with Gasteiger partial charge in [0.05, 0.1) is 5.52 Å². The zero-order valence-corrected chi connectivity index (χ0v) is 11.0. The minimum atomic E-state index is 0.0180. The molecule has 1 saturated heterocycles. The molecular weight excluding hydrogens is 240 g/mol. The molecule has 0 bridgehead atoms. The number of rotatable bonds is 2. The van der Waals surface area contributed by atoms with E-state index in [1.165, 1.54) is 0 Å². The number of benzene rings is 1. The Balaban J connectivity index is 1.98. The standard InChI is InChI=1S/C14H18N4O/c1-14(4-6-19-7-5-14)18-13-11-8-10(15)2-3-12(11)16-9-17-13/h2-3,8-9H,4-7,15H2,1H3,(H,16,17,18). The number of nitrogens with zero attached hydrogens (tertiary/aromatic N) is 2. The van der Waals surface area contributed by atoms with Crippen LogP contribution >= 0.6 is 0 Å². The van der Waals surface area contributed by atoms with Crippen LogP contribution in [0.1, 0.15) is 19.8 Å². The van der Waals surface area contributed by atoms with Gasteiger partial charge in [-0.15, -0.1) is 0 Å². The summed E-state index contributed by atoms with van der Waals surface area (Å²) < 4.78 is 5.42. The maximum atomic E-state index is 5.86. The first kappa shape index (κ1) is 12.2. The van der Waals surface area contributed by atoms with Crippen LogP contribution in [0, 0.1) is 0 Å². The second kappa shape index (κ2) is 4.66. The molecule has 0 radical (unpaired) electrons. The van der Waals surface area contributed by atoms with Crippen molar-refractivity contribution in [2.75, 3.05) is 24.3 Å². The number of hydrogen-bond donors (Lipinski definition) is 2. The molecule has 0 amide bonds. The molecule has 0 saturated carbocycles. The normalized spacial score (nSPS) is 18.4. The van der Waals surface area contributed by atoms with Gasteiger partial charge in [0, 0.05) is 29.8 Å². The fourth-order valence-corrected chi connectivity index (χ4v) is 2.41. The van der Waals surface area contributed by atoms with Crippen LogP contribution in [0.25, 0.3) is 10.9 Å². The minimum absolute atomic E-state index is 0.0180. The number of anilines is 2. The Morgan fingerprint density at radius 3 is 2.84 bits per heavy atom. The first-order valence-corrected chi connectivity index (χ1v) is 6.52. The van der Waals surface area contributed by atoms with Gasteiger partial charge in [0.25, 0.3) is 0 Å². The van der Waals surface area contributed by atoms with Crippen molar-refractivity contribution in [3.63, 3.8) is 0 Å². The molecule has 2 heterocycles. The van der Waals surface area contributed by atoms with Gasteiger partial charge in [-0.2, -0.15) is 0 Å². The molecule has 1 aromatic carbocycles. The summed E-state index contributed by atoms with van der Waals surface area (Å²) in [7, 11) is 0. The Morgan fingerprint density at radius 2 is 2.05 bits per heavy atom. The Morgan fingerprint density at radius 1 is 1.26 bits per heavy atom. The number of aromatic nitrogens is 2. The monoisotopic (exact) mass is 258 g/mol. The van der Waals surface area contributed by atoms with E-state index in [1.807, 2.05) is 18.2 Å². The van der Waals surface area contributed by atoms with E-state index in [1.54, 1.807) is 6.33 Å². The molecule has 0 spiro atoms. The second-order valence-corrected chi connectivity index (χ2v) is 5.30. The highest BCUT2D eigenvalue weighted by molar-refractivity contribution is 5.91. The summed E-state index contributed by atoms with van der Waals surface area (Å²) in [6.07, 6.45) is 3.53. The van der Waals surface area contributed by atoms with E-state index in [-0.39, 0.29) is 5.54 Å². The molecule has 0 unspecified atom stereocenters. The van der Waals surface area contributed by atoms with Gasteiger partial charge < -0.3 is 15.8 Å². The summed E-state index contributed by atoms with van der Waals surface area (Å²) in [4.78, 5) is 8.64. The van der Waals surface area contributed by atoms with Crippen LogP contribution in [0.15, 0.2) is 24.5 Å². The maximum Gasteiger partial charge on any atom is 0.137 e. The Labute approximate surface area is 112 Å². The summed E-state index contributed by atoms with van der Waals surface area (Å²) in [5.41, 5.74) is 7.50. The van der Waals surface area contributed by atoms with Crippen LogP contribution in [0.2, 0.25) is 0 Å². The summed E-state index contributed by atoms with van der Waals surface area (Å²) in [6.45, 7) is 3.78. The van der Waals surface area contributed by atoms with E-state index >= 15 is 0 Å². The summed E-state index contributed by atoms with van der Waals surface area (Å²) >= 11 is 0. The van der Waals surface area contributed by atoms with Gasteiger partial charge in [-0.3, -0.25) is 0 Å². The van der Waals surface area contributed by atoms with Crippen molar-refractivity contribution in [3.05, 3.63) is 24.5 Å². The molecule has 5 heteroatoms. The van der Waals surface area contributed by atoms with E-state index in [0.29, 0.717) is 0 Å². The molecule has 1 aliphatic heterocycles. The van der Waals surface area contributed by atoms with Crippen molar-refractivity contribution in [2.45, 2.75) is 25.3 Å². The van der Waals surface area contributed by atoms with Gasteiger partial charge in [0.15, 0.2) is 0 Å². The van der Waals surface area contributed by atoms with Gasteiger partial charge in [0.1, 0.15) is 12.1 Å². The van der Waals surface area contributed by atoms with Crippen LogP contribution in [0.4, 0.5) is 11.5 Å². The first-order chi connectivity index (χ1) is 9.16. The predicted octanol–water partition coefficient (Wildman–Crippen LogP) is 2.19. The smallest absolute Gasteiger partial charge is 0.137 e. The lowest BCUT2D eigenvalue weighted by molar-refractivity contribution is 0.0657. The van der Waals surface area contributed by atoms with E-state index in [0.717, 1.165) is 48.5 Å². The number of nitrogen functional groups attached to an aromatic ring is 1. The number of nitrogens with two attached hydrogens (primary N) is 1. The van der Waals surface area contributed by atoms with Crippen molar-refractivity contribution in [3.8, 4) is 0 Å². The fourth-order valence-electron chi connectivity index (χ4n) is 2.41. The van der Waals surface area contributed by atoms with Gasteiger partial charge in [-0.05, 0) is 38.0 Å². The average Bonchev–Trinajstić information content (AvgIpc) is 2.40. The zero-order chi connectivity index (χ0) is 13.3. The van der Waals surface area contributed by atoms with Crippen LogP contribution in [0.5, 0.6) is 0 Å². The van der Waals surface area contributed by atoms with E-state index in [2.05, 4.69) is 22.2 Å². The Bertz CT molecular complexity index is 593. The molecular formula is C14H18N4O. The summed E-state index contributed by atoms with van der Waals surface area (Å²) in [5, 5.41) is 4.51. The predicted molar refractivity (Wildman–Crippen MR) is 76.0 cm³/mol. The molecule has 1 aromatic heterocycles. The summed E-state index contributed by atoms with van der Waals surface area (Å²) in [5.74, 6) is 0.849. The molecule has 1 aliphatic rings. The molecule has 2 aromatic rings. The Hall–Kier alpha value is -1.88. The molecule has 5 nitrogen and oxygen atoms in total. The van der Waals surface area contributed by atoms with E-state index in [4.69, 9.17) is 10.5 Å². The first-order valence-electron chi connectivity index (χ1n) is 6.52. The average molecular weight is 258 g/mol. The molecule has 0 aliphatic carbocycles. The molecule has 0 atom stereocenters.